The molecule has 0 radical (unpaired) electrons. The number of nitrogens with one attached hydrogen (secondary N) is 4. The second-order valence-electron chi connectivity index (χ2n) is 13.5. The van der Waals surface area contributed by atoms with Crippen LogP contribution in [0.4, 0.5) is 9.59 Å². The number of hydrogen-bond donors (Lipinski definition) is 15. The number of nitrogens with two attached hydrogens (primary N) is 4. The van der Waals surface area contributed by atoms with Gasteiger partial charge in [0.25, 0.3) is 0 Å². The zero-order chi connectivity index (χ0) is 39.9. The van der Waals surface area contributed by atoms with Gasteiger partial charge in [0, 0.05) is 38.3 Å². The molecule has 1 saturated carbocycles. The summed E-state index contributed by atoms with van der Waals surface area (Å²) in [6.45, 7) is 5.90. The maximum Gasteiger partial charge on any atom is 0.315 e. The predicted molar refractivity (Wildman–Crippen MR) is 183 cm³/mol. The molecule has 1 aliphatic carbocycles. The van der Waals surface area contributed by atoms with Gasteiger partial charge in [0.05, 0.1) is 18.8 Å². The topological polar surface area (TPSA) is 383 Å². The van der Waals surface area contributed by atoms with Crippen LogP contribution in [0.5, 0.6) is 0 Å². The molecule has 19 N–H and O–H groups in total. The molecular formula is C31H56N8O15. The second-order valence-corrected chi connectivity index (χ2v) is 13.5. The van der Waals surface area contributed by atoms with Crippen LogP contribution in [-0.2, 0) is 28.4 Å². The Hall–Kier alpha value is -2.66. The molecule has 23 heteroatoms. The van der Waals surface area contributed by atoms with E-state index in [1.165, 1.54) is 12.2 Å². The summed E-state index contributed by atoms with van der Waals surface area (Å²) in [6.07, 6.45) is -19.3. The lowest BCUT2D eigenvalue weighted by molar-refractivity contribution is -0.307. The highest BCUT2D eigenvalue weighted by Gasteiger charge is 2.55. The molecule has 23 nitrogen and oxygen atoms in total. The van der Waals surface area contributed by atoms with Crippen LogP contribution in [-0.4, -0.2) is 197 Å². The van der Waals surface area contributed by atoms with E-state index in [9.17, 15) is 45.3 Å². The Morgan fingerprint density at radius 3 is 1.87 bits per heavy atom. The van der Waals surface area contributed by atoms with Gasteiger partial charge in [-0.05, 0) is 6.42 Å². The molecular weight excluding hydrogens is 724 g/mol. The van der Waals surface area contributed by atoms with Crippen molar-refractivity contribution in [3.05, 3.63) is 25.3 Å². The number of ether oxygens (including phenoxy) is 6. The fraction of sp³-hybridized carbons (Fsp3) is 0.806. The lowest BCUT2D eigenvalue weighted by Gasteiger charge is -2.47. The summed E-state index contributed by atoms with van der Waals surface area (Å²) >= 11 is 0. The summed E-state index contributed by atoms with van der Waals surface area (Å²) < 4.78 is 35.5. The van der Waals surface area contributed by atoms with Gasteiger partial charge in [-0.1, -0.05) is 12.2 Å². The van der Waals surface area contributed by atoms with Gasteiger partial charge in [-0.3, -0.25) is 0 Å². The molecule has 19 atom stereocenters. The first kappa shape index (κ1) is 44.1. The largest absolute Gasteiger partial charge is 0.394 e. The minimum atomic E-state index is -1.76. The number of aliphatic hydroxyl groups excluding tert-OH is 7. The lowest BCUT2D eigenvalue weighted by Crippen LogP contribution is -2.68. The molecule has 4 aliphatic rings. The highest BCUT2D eigenvalue weighted by Crippen LogP contribution is 2.34. The Kier molecular flexibility index (Phi) is 16.3. The Bertz CT molecular complexity index is 1240. The van der Waals surface area contributed by atoms with Crippen molar-refractivity contribution in [3.63, 3.8) is 0 Å². The number of hydrogen-bond acceptors (Lipinski definition) is 19. The Balaban J connectivity index is 1.54. The predicted octanol–water partition coefficient (Wildman–Crippen LogP) is -7.84. The molecule has 0 bridgehead atoms. The van der Waals surface area contributed by atoms with Crippen molar-refractivity contribution in [1.82, 2.24) is 21.3 Å². The first-order valence-electron chi connectivity index (χ1n) is 17.5. The molecule has 3 saturated heterocycles. The van der Waals surface area contributed by atoms with Crippen LogP contribution < -0.4 is 44.2 Å². The standard InChI is InChI=1S/C31H56N8O15/c1-3-5-36-30(47)38-9-14-20(43)22(45)17(39-31(48)37-6-4-2)28(50-14)53-25-15(10-40)51-29(23(25)46)54-26-18(41)11(33)7-12(34)24(26)52-27-16(35)21(44)19(42)13(8-32)49-27/h3-4,11-29,40-46H,1-2,5-10,32-35H2,(H2,36,38,47)(H2,37,39,48)/t11-,12?,13?,14?,15-,16?,17?,18?,19-,20-,21?,22?,23+,24-,25+,26?,27-,28-,29+/m1/s1. The summed E-state index contributed by atoms with van der Waals surface area (Å²) in [6, 6.07) is -6.07. The Morgan fingerprint density at radius 2 is 1.24 bits per heavy atom. The second kappa shape index (κ2) is 20.0. The van der Waals surface area contributed by atoms with E-state index in [1.54, 1.807) is 0 Å². The third kappa shape index (κ3) is 10.2. The summed E-state index contributed by atoms with van der Waals surface area (Å²) in [5.41, 5.74) is 24.3. The van der Waals surface area contributed by atoms with Gasteiger partial charge >= 0.3 is 12.1 Å². The molecule has 3 heterocycles. The van der Waals surface area contributed by atoms with Crippen molar-refractivity contribution in [2.24, 2.45) is 22.9 Å². The van der Waals surface area contributed by atoms with Crippen molar-refractivity contribution in [1.29, 1.82) is 0 Å². The van der Waals surface area contributed by atoms with Gasteiger partial charge in [0.15, 0.2) is 18.9 Å². The minimum absolute atomic E-state index is 0.0339. The fourth-order valence-corrected chi connectivity index (χ4v) is 6.63. The van der Waals surface area contributed by atoms with E-state index in [1.807, 2.05) is 0 Å². The van der Waals surface area contributed by atoms with Crippen molar-refractivity contribution in [3.8, 4) is 0 Å². The first-order chi connectivity index (χ1) is 25.7. The number of rotatable bonds is 15. The van der Waals surface area contributed by atoms with Crippen LogP contribution in [0.25, 0.3) is 0 Å². The molecule has 4 rings (SSSR count). The normalized spacial score (nSPS) is 43.9. The van der Waals surface area contributed by atoms with Crippen LogP contribution in [0.15, 0.2) is 25.3 Å². The summed E-state index contributed by atoms with van der Waals surface area (Å²) in [4.78, 5) is 24.8. The number of urea groups is 2. The quantitative estimate of drug-likeness (QED) is 0.0686. The zero-order valence-electron chi connectivity index (χ0n) is 29.5. The maximum atomic E-state index is 12.6. The van der Waals surface area contributed by atoms with E-state index in [0.717, 1.165) is 0 Å². The molecule has 4 fully saturated rings. The average molecular weight is 781 g/mol. The highest BCUT2D eigenvalue weighted by molar-refractivity contribution is 5.74. The van der Waals surface area contributed by atoms with Gasteiger partial charge in [0.1, 0.15) is 73.2 Å². The van der Waals surface area contributed by atoms with Gasteiger partial charge in [-0.2, -0.15) is 0 Å². The van der Waals surface area contributed by atoms with Crippen LogP contribution in [0.3, 0.4) is 0 Å². The number of aliphatic hydroxyl groups is 7. The van der Waals surface area contributed by atoms with E-state index < -0.39 is 135 Å². The molecule has 4 amide bonds. The van der Waals surface area contributed by atoms with E-state index in [2.05, 4.69) is 34.4 Å². The number of amides is 4. The SMILES string of the molecule is C=CCNC(=O)NCC1O[C@H](O[C@@H]2[C@H](O)[C@H](OC3C(O)[C@H](N)CC(N)[C@H]3O[C@H]3OC(CN)[C@@H](O)C(O)C3N)O[C@@H]2CO)C(NC(=O)NCC=C)C(O)[C@@H]1O. The molecule has 0 aromatic rings. The number of carbonyl (C=O) groups is 2. The summed E-state index contributed by atoms with van der Waals surface area (Å²) in [5, 5.41) is 85.5. The zero-order valence-corrected chi connectivity index (χ0v) is 29.5. The minimum Gasteiger partial charge on any atom is -0.394 e. The number of carbonyl (C=O) groups excluding carboxylic acids is 2. The lowest BCUT2D eigenvalue weighted by atomic mass is 9.84. The fourth-order valence-electron chi connectivity index (χ4n) is 6.63. The van der Waals surface area contributed by atoms with Crippen molar-refractivity contribution >= 4 is 12.1 Å². The molecule has 0 aromatic heterocycles. The van der Waals surface area contributed by atoms with Crippen LogP contribution in [0.2, 0.25) is 0 Å². The van der Waals surface area contributed by atoms with Crippen molar-refractivity contribution in [2.45, 2.75) is 123 Å². The Labute approximate surface area is 310 Å². The Morgan fingerprint density at radius 1 is 0.667 bits per heavy atom. The molecule has 0 aromatic carbocycles. The maximum absolute atomic E-state index is 12.6. The van der Waals surface area contributed by atoms with Crippen molar-refractivity contribution in [2.75, 3.05) is 32.8 Å². The van der Waals surface area contributed by atoms with Gasteiger partial charge < -0.3 is 108 Å². The summed E-state index contributed by atoms with van der Waals surface area (Å²) in [7, 11) is 0. The smallest absolute Gasteiger partial charge is 0.315 e. The van der Waals surface area contributed by atoms with Crippen LogP contribution >= 0.6 is 0 Å². The monoisotopic (exact) mass is 780 g/mol. The van der Waals surface area contributed by atoms with Gasteiger partial charge in [-0.25, -0.2) is 9.59 Å². The van der Waals surface area contributed by atoms with E-state index in [0.29, 0.717) is 0 Å². The van der Waals surface area contributed by atoms with E-state index >= 15 is 0 Å². The average Bonchev–Trinajstić information content (AvgIpc) is 3.45. The van der Waals surface area contributed by atoms with Crippen LogP contribution in [0.1, 0.15) is 6.42 Å². The third-order valence-corrected chi connectivity index (χ3v) is 9.67. The molecule has 9 unspecified atom stereocenters. The van der Waals surface area contributed by atoms with E-state index in [-0.39, 0.29) is 32.6 Å². The summed E-state index contributed by atoms with van der Waals surface area (Å²) in [5.74, 6) is 0. The third-order valence-electron chi connectivity index (χ3n) is 9.67. The van der Waals surface area contributed by atoms with E-state index in [4.69, 9.17) is 51.4 Å². The molecule has 3 aliphatic heterocycles. The highest BCUT2D eigenvalue weighted by atomic mass is 16.8. The van der Waals surface area contributed by atoms with Crippen molar-refractivity contribution < 1.29 is 73.8 Å². The molecule has 54 heavy (non-hydrogen) atoms. The van der Waals surface area contributed by atoms with Crippen LogP contribution in [0, 0.1) is 0 Å². The molecule has 0 spiro atoms. The van der Waals surface area contributed by atoms with Gasteiger partial charge in [-0.15, -0.1) is 13.2 Å². The molecule has 310 valence electrons. The first-order valence-corrected chi connectivity index (χ1v) is 17.5. The van der Waals surface area contributed by atoms with Gasteiger partial charge in [0.2, 0.25) is 0 Å².